The van der Waals surface area contributed by atoms with Gasteiger partial charge in [0.05, 0.1) is 31.3 Å². The summed E-state index contributed by atoms with van der Waals surface area (Å²) in [7, 11) is 1.63. The summed E-state index contributed by atoms with van der Waals surface area (Å²) in [4.78, 5) is 23.8. The molecule has 1 amide bonds. The van der Waals surface area contributed by atoms with Crippen molar-refractivity contribution in [3.05, 3.63) is 65.6 Å². The van der Waals surface area contributed by atoms with Crippen LogP contribution >= 0.6 is 0 Å². The molecule has 8 heteroatoms. The monoisotopic (exact) mass is 455 g/mol. The third-order valence-corrected chi connectivity index (χ3v) is 6.72. The Morgan fingerprint density at radius 3 is 2.94 bits per heavy atom. The van der Waals surface area contributed by atoms with Crippen molar-refractivity contribution in [2.45, 2.75) is 25.7 Å². The Morgan fingerprint density at radius 1 is 1.18 bits per heavy atom. The van der Waals surface area contributed by atoms with Gasteiger partial charge in [0, 0.05) is 23.0 Å². The second kappa shape index (κ2) is 8.06. The first-order chi connectivity index (χ1) is 16.7. The minimum atomic E-state index is 0.00625. The van der Waals surface area contributed by atoms with Crippen LogP contribution in [0.2, 0.25) is 0 Å². The molecule has 34 heavy (non-hydrogen) atoms. The van der Waals surface area contributed by atoms with E-state index in [1.165, 1.54) is 17.6 Å². The van der Waals surface area contributed by atoms with Gasteiger partial charge in [0.1, 0.15) is 29.9 Å². The number of nitrogens with two attached hydrogens (primary N) is 1. The van der Waals surface area contributed by atoms with E-state index in [4.69, 9.17) is 15.2 Å². The van der Waals surface area contributed by atoms with Crippen molar-refractivity contribution in [1.29, 1.82) is 0 Å². The topological polar surface area (TPSA) is 95.5 Å². The van der Waals surface area contributed by atoms with Crippen molar-refractivity contribution in [2.75, 3.05) is 30.9 Å². The maximum Gasteiger partial charge on any atom is 0.231 e. The standard InChI is InChI=1S/C26H25N5O3/c1-33-22-14-17(31-19-7-4-5-18(19)24-25(31)26(27)29-15-28-24)10-9-16(22)13-23(32)30-11-12-34-21-8-3-2-6-20(21)30/h2-3,6,8-10,14-15H,4-5,7,11-13H2,1H3,(H2,27,28,29). The third-order valence-electron chi connectivity index (χ3n) is 6.72. The number of benzene rings is 2. The Kier molecular flexibility index (Phi) is 4.86. The van der Waals surface area contributed by atoms with Crippen molar-refractivity contribution in [1.82, 2.24) is 14.5 Å². The van der Waals surface area contributed by atoms with Crippen LogP contribution < -0.4 is 20.1 Å². The summed E-state index contributed by atoms with van der Waals surface area (Å²) in [6.07, 6.45) is 4.80. The van der Waals surface area contributed by atoms with Crippen molar-refractivity contribution in [3.63, 3.8) is 0 Å². The molecule has 2 aromatic carbocycles. The van der Waals surface area contributed by atoms with Crippen LogP contribution in [0.1, 0.15) is 23.2 Å². The van der Waals surface area contributed by atoms with Crippen molar-refractivity contribution in [3.8, 4) is 17.2 Å². The number of rotatable bonds is 4. The quantitative estimate of drug-likeness (QED) is 0.506. The number of methoxy groups -OCH3 is 1. The van der Waals surface area contributed by atoms with Crippen LogP contribution in [0.3, 0.4) is 0 Å². The lowest BCUT2D eigenvalue weighted by molar-refractivity contribution is -0.118. The van der Waals surface area contributed by atoms with Crippen LogP contribution in [-0.4, -0.2) is 40.7 Å². The SMILES string of the molecule is COc1cc(-n2c3c(c4ncnc(N)c42)CCC3)ccc1CC(=O)N1CCOc2ccccc21. The molecule has 2 aliphatic rings. The number of nitrogen functional groups attached to an aromatic ring is 1. The Labute approximate surface area is 196 Å². The molecule has 0 bridgehead atoms. The van der Waals surface area contributed by atoms with Gasteiger partial charge >= 0.3 is 0 Å². The van der Waals surface area contributed by atoms with E-state index in [1.807, 2.05) is 42.5 Å². The maximum absolute atomic E-state index is 13.3. The first-order valence-electron chi connectivity index (χ1n) is 11.5. The van der Waals surface area contributed by atoms with E-state index in [0.717, 1.165) is 53.0 Å². The van der Waals surface area contributed by atoms with E-state index in [1.54, 1.807) is 12.0 Å². The molecule has 0 radical (unpaired) electrons. The van der Waals surface area contributed by atoms with Crippen LogP contribution in [0.25, 0.3) is 16.7 Å². The number of aromatic nitrogens is 3. The van der Waals surface area contributed by atoms with Gasteiger partial charge in [-0.25, -0.2) is 9.97 Å². The highest BCUT2D eigenvalue weighted by Crippen LogP contribution is 2.37. The summed E-state index contributed by atoms with van der Waals surface area (Å²) in [5.74, 6) is 1.87. The zero-order valence-corrected chi connectivity index (χ0v) is 19.0. The number of carbonyl (C=O) groups excluding carboxylic acids is 1. The average molecular weight is 456 g/mol. The number of carbonyl (C=O) groups is 1. The van der Waals surface area contributed by atoms with E-state index in [2.05, 4.69) is 14.5 Å². The number of amides is 1. The van der Waals surface area contributed by atoms with E-state index in [-0.39, 0.29) is 12.3 Å². The van der Waals surface area contributed by atoms with Crippen molar-refractivity contribution in [2.24, 2.45) is 0 Å². The van der Waals surface area contributed by atoms with E-state index in [9.17, 15) is 4.79 Å². The molecule has 0 spiro atoms. The average Bonchev–Trinajstić information content (AvgIpc) is 3.46. The van der Waals surface area contributed by atoms with Gasteiger partial charge in [-0.05, 0) is 43.0 Å². The maximum atomic E-state index is 13.3. The van der Waals surface area contributed by atoms with E-state index in [0.29, 0.717) is 24.7 Å². The minimum Gasteiger partial charge on any atom is -0.496 e. The molecule has 1 aliphatic carbocycles. The molecular weight excluding hydrogens is 430 g/mol. The summed E-state index contributed by atoms with van der Waals surface area (Å²) in [5, 5.41) is 0. The summed E-state index contributed by atoms with van der Waals surface area (Å²) < 4.78 is 13.6. The number of fused-ring (bicyclic) bond motifs is 4. The van der Waals surface area contributed by atoms with Crippen LogP contribution in [0.15, 0.2) is 48.8 Å². The molecule has 1 aliphatic heterocycles. The fourth-order valence-electron chi connectivity index (χ4n) is 5.19. The molecule has 6 rings (SSSR count). The van der Waals surface area contributed by atoms with Crippen LogP contribution in [0.5, 0.6) is 11.5 Å². The van der Waals surface area contributed by atoms with Crippen LogP contribution in [0.4, 0.5) is 11.5 Å². The molecule has 4 aromatic rings. The fourth-order valence-corrected chi connectivity index (χ4v) is 5.19. The lowest BCUT2D eigenvalue weighted by Gasteiger charge is -2.29. The molecule has 0 saturated heterocycles. The Hall–Kier alpha value is -4.07. The minimum absolute atomic E-state index is 0.00625. The number of ether oxygens (including phenoxy) is 2. The highest BCUT2D eigenvalue weighted by molar-refractivity contribution is 5.97. The number of anilines is 2. The lowest BCUT2D eigenvalue weighted by Crippen LogP contribution is -2.38. The largest absolute Gasteiger partial charge is 0.496 e. The number of nitrogens with zero attached hydrogens (tertiary/aromatic N) is 4. The second-order valence-electron chi connectivity index (χ2n) is 8.60. The van der Waals surface area contributed by atoms with Gasteiger partial charge in [-0.3, -0.25) is 4.79 Å². The third kappa shape index (κ3) is 3.17. The van der Waals surface area contributed by atoms with Crippen molar-refractivity contribution < 1.29 is 14.3 Å². The van der Waals surface area contributed by atoms with Crippen LogP contribution in [-0.2, 0) is 24.1 Å². The van der Waals surface area contributed by atoms with Crippen molar-refractivity contribution >= 4 is 28.4 Å². The van der Waals surface area contributed by atoms with E-state index >= 15 is 0 Å². The molecule has 2 aromatic heterocycles. The molecule has 0 unspecified atom stereocenters. The normalized spacial score (nSPS) is 14.6. The Bertz CT molecular complexity index is 1430. The predicted octanol–water partition coefficient (Wildman–Crippen LogP) is 3.47. The Morgan fingerprint density at radius 2 is 2.06 bits per heavy atom. The summed E-state index contributed by atoms with van der Waals surface area (Å²) in [6.45, 7) is 1.01. The molecule has 2 N–H and O–H groups in total. The van der Waals surface area contributed by atoms with E-state index < -0.39 is 0 Å². The second-order valence-corrected chi connectivity index (χ2v) is 8.60. The Balaban J connectivity index is 1.37. The molecule has 172 valence electrons. The van der Waals surface area contributed by atoms with Gasteiger partial charge in [-0.2, -0.15) is 0 Å². The van der Waals surface area contributed by atoms with Gasteiger partial charge in [-0.1, -0.05) is 18.2 Å². The summed E-state index contributed by atoms with van der Waals surface area (Å²) >= 11 is 0. The predicted molar refractivity (Wildman–Crippen MR) is 130 cm³/mol. The highest BCUT2D eigenvalue weighted by atomic mass is 16.5. The zero-order chi connectivity index (χ0) is 23.2. The molecular formula is C26H25N5O3. The molecule has 0 atom stereocenters. The van der Waals surface area contributed by atoms with Gasteiger partial charge < -0.3 is 24.7 Å². The van der Waals surface area contributed by atoms with Crippen LogP contribution in [0, 0.1) is 0 Å². The zero-order valence-electron chi connectivity index (χ0n) is 19.0. The van der Waals surface area contributed by atoms with Gasteiger partial charge in [-0.15, -0.1) is 0 Å². The van der Waals surface area contributed by atoms with Gasteiger partial charge in [0.2, 0.25) is 5.91 Å². The lowest BCUT2D eigenvalue weighted by atomic mass is 10.1. The fraction of sp³-hybridized carbons (Fsp3) is 0.269. The molecule has 0 fully saturated rings. The molecule has 0 saturated carbocycles. The number of hydrogen-bond donors (Lipinski definition) is 1. The summed E-state index contributed by atoms with van der Waals surface area (Å²) in [5.41, 5.74) is 13.1. The first-order valence-corrected chi connectivity index (χ1v) is 11.5. The number of hydrogen-bond acceptors (Lipinski definition) is 6. The number of para-hydroxylation sites is 2. The molecule has 8 nitrogen and oxygen atoms in total. The van der Waals surface area contributed by atoms with Gasteiger partial charge in [0.15, 0.2) is 5.82 Å². The number of aryl methyl sites for hydroxylation is 1. The molecule has 3 heterocycles. The highest BCUT2D eigenvalue weighted by Gasteiger charge is 2.27. The smallest absolute Gasteiger partial charge is 0.231 e. The first kappa shape index (κ1) is 20.5. The van der Waals surface area contributed by atoms with Gasteiger partial charge in [0.25, 0.3) is 0 Å². The summed E-state index contributed by atoms with van der Waals surface area (Å²) in [6, 6.07) is 13.6.